The van der Waals surface area contributed by atoms with E-state index in [1.807, 2.05) is 6.92 Å². The number of unbranched alkanes of at least 4 members (excludes halogenated alkanes) is 1. The monoisotopic (exact) mass is 222 g/mol. The minimum Gasteiger partial charge on any atom is -0.469 e. The van der Waals surface area contributed by atoms with E-state index in [4.69, 9.17) is 4.42 Å². The van der Waals surface area contributed by atoms with Crippen LogP contribution in [0, 0.1) is 12.8 Å². The average Bonchev–Trinajstić information content (AvgIpc) is 2.70. The number of Topliss-reactive ketones (excluding diaryl/α,β-unsaturated/α-hetero) is 1. The van der Waals surface area contributed by atoms with Crippen LogP contribution in [0.4, 0.5) is 0 Å². The van der Waals surface area contributed by atoms with Crippen molar-refractivity contribution in [1.29, 1.82) is 0 Å². The molecule has 0 saturated heterocycles. The van der Waals surface area contributed by atoms with E-state index >= 15 is 0 Å². The van der Waals surface area contributed by atoms with Gasteiger partial charge in [-0.15, -0.1) is 0 Å². The van der Waals surface area contributed by atoms with Gasteiger partial charge >= 0.3 is 0 Å². The lowest BCUT2D eigenvalue weighted by atomic mass is 9.92. The molecule has 1 aromatic heterocycles. The quantitative estimate of drug-likeness (QED) is 0.641. The van der Waals surface area contributed by atoms with Crippen molar-refractivity contribution in [2.24, 2.45) is 5.92 Å². The second kappa shape index (κ2) is 6.51. The molecule has 0 fully saturated rings. The molecule has 0 aromatic carbocycles. The van der Waals surface area contributed by atoms with Gasteiger partial charge in [0, 0.05) is 6.42 Å². The maximum atomic E-state index is 12.0. The largest absolute Gasteiger partial charge is 0.469 e. The predicted molar refractivity (Wildman–Crippen MR) is 65.7 cm³/mol. The molecule has 16 heavy (non-hydrogen) atoms. The number of ketones is 1. The molecule has 0 aliphatic carbocycles. The van der Waals surface area contributed by atoms with E-state index in [1.54, 1.807) is 12.3 Å². The van der Waals surface area contributed by atoms with Crippen LogP contribution in [0.3, 0.4) is 0 Å². The summed E-state index contributed by atoms with van der Waals surface area (Å²) in [6.07, 6.45) is 6.93. The van der Waals surface area contributed by atoms with Crippen LogP contribution in [-0.2, 0) is 0 Å². The first-order valence-electron chi connectivity index (χ1n) is 6.26. The highest BCUT2D eigenvalue weighted by Gasteiger charge is 2.16. The van der Waals surface area contributed by atoms with Crippen LogP contribution in [0.1, 0.15) is 62.1 Å². The molecule has 0 radical (unpaired) electrons. The summed E-state index contributed by atoms with van der Waals surface area (Å²) in [6, 6.07) is 1.78. The van der Waals surface area contributed by atoms with Crippen LogP contribution in [0.25, 0.3) is 0 Å². The summed E-state index contributed by atoms with van der Waals surface area (Å²) in [7, 11) is 0. The highest BCUT2D eigenvalue weighted by molar-refractivity contribution is 5.97. The van der Waals surface area contributed by atoms with Crippen molar-refractivity contribution in [3.8, 4) is 0 Å². The van der Waals surface area contributed by atoms with Crippen LogP contribution in [0.5, 0.6) is 0 Å². The van der Waals surface area contributed by atoms with Gasteiger partial charge in [0.1, 0.15) is 5.76 Å². The third kappa shape index (κ3) is 3.51. The maximum absolute atomic E-state index is 12.0. The molecule has 0 amide bonds. The van der Waals surface area contributed by atoms with E-state index in [9.17, 15) is 4.79 Å². The number of carbonyl (C=O) groups excluding carboxylic acids is 1. The summed E-state index contributed by atoms with van der Waals surface area (Å²) in [6.45, 7) is 6.20. The lowest BCUT2D eigenvalue weighted by molar-refractivity contribution is 0.0955. The van der Waals surface area contributed by atoms with Crippen LogP contribution in [0.2, 0.25) is 0 Å². The molecule has 0 N–H and O–H groups in total. The summed E-state index contributed by atoms with van der Waals surface area (Å²) in [5, 5.41) is 0. The molecule has 90 valence electrons. The van der Waals surface area contributed by atoms with Crippen LogP contribution in [-0.4, -0.2) is 5.78 Å². The zero-order chi connectivity index (χ0) is 12.0. The molecule has 0 saturated carbocycles. The zero-order valence-electron chi connectivity index (χ0n) is 10.6. The fourth-order valence-electron chi connectivity index (χ4n) is 1.99. The first-order chi connectivity index (χ1) is 7.69. The summed E-state index contributed by atoms with van der Waals surface area (Å²) >= 11 is 0. The second-order valence-corrected chi connectivity index (χ2v) is 4.43. The predicted octanol–water partition coefficient (Wildman–Crippen LogP) is 4.38. The third-order valence-electron chi connectivity index (χ3n) is 3.18. The molecule has 0 aliphatic heterocycles. The second-order valence-electron chi connectivity index (χ2n) is 4.43. The Morgan fingerprint density at radius 2 is 2.19 bits per heavy atom. The Morgan fingerprint density at radius 1 is 1.44 bits per heavy atom. The van der Waals surface area contributed by atoms with Gasteiger partial charge < -0.3 is 4.42 Å². The molecule has 2 nitrogen and oxygen atoms in total. The molecule has 0 spiro atoms. The molecule has 2 heteroatoms. The number of carbonyl (C=O) groups is 1. The van der Waals surface area contributed by atoms with E-state index in [1.165, 1.54) is 12.8 Å². The van der Waals surface area contributed by atoms with Crippen molar-refractivity contribution in [2.45, 2.75) is 52.9 Å². The first kappa shape index (κ1) is 13.0. The van der Waals surface area contributed by atoms with E-state index < -0.39 is 0 Å². The first-order valence-corrected chi connectivity index (χ1v) is 6.26. The summed E-state index contributed by atoms with van der Waals surface area (Å²) < 4.78 is 5.16. The van der Waals surface area contributed by atoms with Gasteiger partial charge in [0.25, 0.3) is 0 Å². The molecule has 1 aromatic rings. The molecule has 1 heterocycles. The summed E-state index contributed by atoms with van der Waals surface area (Å²) in [4.78, 5) is 12.0. The third-order valence-corrected chi connectivity index (χ3v) is 3.18. The smallest absolute Gasteiger partial charge is 0.166 e. The van der Waals surface area contributed by atoms with Crippen LogP contribution < -0.4 is 0 Å². The molecule has 0 aliphatic rings. The molecule has 1 atom stereocenters. The molecular formula is C14H22O2. The number of furan rings is 1. The van der Waals surface area contributed by atoms with Crippen molar-refractivity contribution in [1.82, 2.24) is 0 Å². The normalized spacial score (nSPS) is 12.7. The van der Waals surface area contributed by atoms with Gasteiger partial charge in [-0.25, -0.2) is 0 Å². The number of hydrogen-bond acceptors (Lipinski definition) is 2. The van der Waals surface area contributed by atoms with Gasteiger partial charge in [0.05, 0.1) is 11.8 Å². The van der Waals surface area contributed by atoms with E-state index in [0.29, 0.717) is 12.3 Å². The van der Waals surface area contributed by atoms with Crippen molar-refractivity contribution >= 4 is 5.78 Å². The minimum absolute atomic E-state index is 0.231. The van der Waals surface area contributed by atoms with Gasteiger partial charge in [0.15, 0.2) is 5.78 Å². The van der Waals surface area contributed by atoms with Gasteiger partial charge in [0.2, 0.25) is 0 Å². The minimum atomic E-state index is 0.231. The van der Waals surface area contributed by atoms with Gasteiger partial charge in [-0.05, 0) is 18.9 Å². The number of rotatable bonds is 7. The standard InChI is InChI=1S/C14H22O2/c1-4-6-7-12(5-2)10-14(15)13-8-9-16-11(13)3/h8-9,12H,4-7,10H2,1-3H3. The molecule has 1 rings (SSSR count). The lowest BCUT2D eigenvalue weighted by Crippen LogP contribution is -2.08. The lowest BCUT2D eigenvalue weighted by Gasteiger charge is -2.12. The van der Waals surface area contributed by atoms with Crippen molar-refractivity contribution in [3.05, 3.63) is 23.7 Å². The molecule has 0 bridgehead atoms. The van der Waals surface area contributed by atoms with Crippen LogP contribution >= 0.6 is 0 Å². The average molecular weight is 222 g/mol. The van der Waals surface area contributed by atoms with Gasteiger partial charge in [-0.1, -0.05) is 39.5 Å². The van der Waals surface area contributed by atoms with Crippen molar-refractivity contribution in [2.75, 3.05) is 0 Å². The zero-order valence-corrected chi connectivity index (χ0v) is 10.6. The highest BCUT2D eigenvalue weighted by Crippen LogP contribution is 2.21. The van der Waals surface area contributed by atoms with Gasteiger partial charge in [-0.2, -0.15) is 0 Å². The van der Waals surface area contributed by atoms with E-state index in [0.717, 1.165) is 24.2 Å². The Morgan fingerprint density at radius 3 is 2.69 bits per heavy atom. The fraction of sp³-hybridized carbons (Fsp3) is 0.643. The van der Waals surface area contributed by atoms with E-state index in [-0.39, 0.29) is 5.78 Å². The maximum Gasteiger partial charge on any atom is 0.166 e. The Bertz CT molecular complexity index is 325. The van der Waals surface area contributed by atoms with Gasteiger partial charge in [-0.3, -0.25) is 4.79 Å². The molecular weight excluding hydrogens is 200 g/mol. The topological polar surface area (TPSA) is 30.2 Å². The fourth-order valence-corrected chi connectivity index (χ4v) is 1.99. The Kier molecular flexibility index (Phi) is 5.30. The Balaban J connectivity index is 2.52. The summed E-state index contributed by atoms with van der Waals surface area (Å²) in [5.74, 6) is 1.51. The van der Waals surface area contributed by atoms with Crippen molar-refractivity contribution in [3.63, 3.8) is 0 Å². The van der Waals surface area contributed by atoms with Crippen molar-refractivity contribution < 1.29 is 9.21 Å². The summed E-state index contributed by atoms with van der Waals surface area (Å²) in [5.41, 5.74) is 0.759. The number of aryl methyl sites for hydroxylation is 1. The number of hydrogen-bond donors (Lipinski definition) is 0. The highest BCUT2D eigenvalue weighted by atomic mass is 16.3. The Labute approximate surface area is 98.0 Å². The van der Waals surface area contributed by atoms with E-state index in [2.05, 4.69) is 13.8 Å². The molecule has 1 unspecified atom stereocenters. The SMILES string of the molecule is CCCCC(CC)CC(=O)c1ccoc1C. The van der Waals surface area contributed by atoms with Crippen LogP contribution in [0.15, 0.2) is 16.7 Å². The Hall–Kier alpha value is -1.05.